The second-order valence-corrected chi connectivity index (χ2v) is 9.52. The molecule has 2 aromatic carbocycles. The average Bonchev–Trinajstić information content (AvgIpc) is 2.69. The summed E-state index contributed by atoms with van der Waals surface area (Å²) in [4.78, 5) is 28.5. The van der Waals surface area contributed by atoms with E-state index >= 15 is 0 Å². The molecule has 0 aliphatic rings. The van der Waals surface area contributed by atoms with Crippen LogP contribution in [0.3, 0.4) is 0 Å². The Morgan fingerprint density at radius 3 is 2.43 bits per heavy atom. The largest absolute Gasteiger partial charge is 0.497 e. The number of carbonyl (C=O) groups excluding carboxylic acids is 2. The predicted octanol–water partition coefficient (Wildman–Crippen LogP) is 4.77. The molecule has 5 nitrogen and oxygen atoms in total. The van der Waals surface area contributed by atoms with Gasteiger partial charge in [0, 0.05) is 22.0 Å². The maximum absolute atomic E-state index is 13.1. The Hall–Kier alpha value is -2.18. The standard InChI is InChI=1S/C23H29ClN2O3S/c1-16(22(28)25-23(2,3)4)26(14-17-7-6-8-19(13-17)29-5)21(27)15-30-20-11-9-18(24)10-12-20/h6-13,16H,14-15H2,1-5H3,(H,25,28). The van der Waals surface area contributed by atoms with E-state index in [1.807, 2.05) is 57.2 Å². The fourth-order valence-electron chi connectivity index (χ4n) is 2.78. The number of nitrogens with zero attached hydrogens (tertiary/aromatic N) is 1. The van der Waals surface area contributed by atoms with Gasteiger partial charge in [-0.2, -0.15) is 0 Å². The summed E-state index contributed by atoms with van der Waals surface area (Å²) in [5.41, 5.74) is 0.517. The summed E-state index contributed by atoms with van der Waals surface area (Å²) in [5, 5.41) is 3.61. The molecule has 1 N–H and O–H groups in total. The zero-order chi connectivity index (χ0) is 22.3. The summed E-state index contributed by atoms with van der Waals surface area (Å²) < 4.78 is 5.29. The van der Waals surface area contributed by atoms with Crippen molar-refractivity contribution in [3.63, 3.8) is 0 Å². The van der Waals surface area contributed by atoms with Crippen molar-refractivity contribution >= 4 is 35.2 Å². The van der Waals surface area contributed by atoms with Gasteiger partial charge in [0.25, 0.3) is 0 Å². The molecule has 1 atom stereocenters. The van der Waals surface area contributed by atoms with Gasteiger partial charge in [-0.1, -0.05) is 23.7 Å². The molecule has 0 spiro atoms. The van der Waals surface area contributed by atoms with E-state index in [9.17, 15) is 9.59 Å². The summed E-state index contributed by atoms with van der Waals surface area (Å²) in [6, 6.07) is 14.2. The average molecular weight is 449 g/mol. The van der Waals surface area contributed by atoms with Crippen LogP contribution >= 0.6 is 23.4 Å². The molecule has 1 unspecified atom stereocenters. The van der Waals surface area contributed by atoms with E-state index in [1.54, 1.807) is 31.1 Å². The summed E-state index contributed by atoms with van der Waals surface area (Å²) in [7, 11) is 1.60. The molecule has 0 fully saturated rings. The summed E-state index contributed by atoms with van der Waals surface area (Å²) in [5.74, 6) is 0.630. The third-order valence-electron chi connectivity index (χ3n) is 4.33. The van der Waals surface area contributed by atoms with Gasteiger partial charge < -0.3 is 15.0 Å². The highest BCUT2D eigenvalue weighted by Gasteiger charge is 2.28. The van der Waals surface area contributed by atoms with Gasteiger partial charge in [0.05, 0.1) is 12.9 Å². The van der Waals surface area contributed by atoms with Crippen LogP contribution in [0.25, 0.3) is 0 Å². The molecule has 2 aromatic rings. The highest BCUT2D eigenvalue weighted by molar-refractivity contribution is 8.00. The highest BCUT2D eigenvalue weighted by atomic mass is 35.5. The van der Waals surface area contributed by atoms with E-state index in [-0.39, 0.29) is 23.1 Å². The number of carbonyl (C=O) groups is 2. The van der Waals surface area contributed by atoms with Crippen LogP contribution < -0.4 is 10.1 Å². The number of nitrogens with one attached hydrogen (secondary N) is 1. The van der Waals surface area contributed by atoms with E-state index in [2.05, 4.69) is 5.32 Å². The molecule has 7 heteroatoms. The number of hydrogen-bond acceptors (Lipinski definition) is 4. The third kappa shape index (κ3) is 7.58. The Labute approximate surface area is 188 Å². The van der Waals surface area contributed by atoms with Crippen molar-refractivity contribution < 1.29 is 14.3 Å². The van der Waals surface area contributed by atoms with Gasteiger partial charge in [0.1, 0.15) is 11.8 Å². The molecule has 0 radical (unpaired) electrons. The lowest BCUT2D eigenvalue weighted by atomic mass is 10.1. The van der Waals surface area contributed by atoms with Crippen LogP contribution in [0.5, 0.6) is 5.75 Å². The molecular formula is C23H29ClN2O3S. The summed E-state index contributed by atoms with van der Waals surface area (Å²) in [6.45, 7) is 7.83. The van der Waals surface area contributed by atoms with Crippen LogP contribution in [0.4, 0.5) is 0 Å². The first kappa shape index (κ1) is 24.1. The van der Waals surface area contributed by atoms with Gasteiger partial charge in [-0.3, -0.25) is 9.59 Å². The number of rotatable bonds is 8. The number of amides is 2. The number of ether oxygens (including phenoxy) is 1. The van der Waals surface area contributed by atoms with Gasteiger partial charge in [0.2, 0.25) is 11.8 Å². The minimum Gasteiger partial charge on any atom is -0.497 e. The van der Waals surface area contributed by atoms with Crippen molar-refractivity contribution in [1.82, 2.24) is 10.2 Å². The van der Waals surface area contributed by atoms with Crippen LogP contribution in [0.2, 0.25) is 5.02 Å². The smallest absolute Gasteiger partial charge is 0.242 e. The number of hydrogen-bond donors (Lipinski definition) is 1. The summed E-state index contributed by atoms with van der Waals surface area (Å²) >= 11 is 7.35. The van der Waals surface area contributed by atoms with Crippen LogP contribution in [-0.4, -0.2) is 41.2 Å². The van der Waals surface area contributed by atoms with Gasteiger partial charge >= 0.3 is 0 Å². The molecule has 0 aromatic heterocycles. The highest BCUT2D eigenvalue weighted by Crippen LogP contribution is 2.22. The zero-order valence-corrected chi connectivity index (χ0v) is 19.6. The second kappa shape index (κ2) is 10.7. The molecule has 0 bridgehead atoms. The van der Waals surface area contributed by atoms with E-state index in [0.717, 1.165) is 10.5 Å². The lowest BCUT2D eigenvalue weighted by Gasteiger charge is -2.31. The van der Waals surface area contributed by atoms with Crippen LogP contribution in [0.1, 0.15) is 33.3 Å². The van der Waals surface area contributed by atoms with Crippen molar-refractivity contribution in [2.24, 2.45) is 0 Å². The Kier molecular flexibility index (Phi) is 8.62. The van der Waals surface area contributed by atoms with E-state index in [0.29, 0.717) is 17.3 Å². The Bertz CT molecular complexity index is 865. The molecule has 0 heterocycles. The van der Waals surface area contributed by atoms with Crippen molar-refractivity contribution in [2.45, 2.75) is 50.7 Å². The Morgan fingerprint density at radius 2 is 1.83 bits per heavy atom. The number of halogens is 1. The molecule has 0 saturated carbocycles. The third-order valence-corrected chi connectivity index (χ3v) is 5.58. The predicted molar refractivity (Wildman–Crippen MR) is 123 cm³/mol. The van der Waals surface area contributed by atoms with Crippen molar-refractivity contribution in [2.75, 3.05) is 12.9 Å². The first-order valence-corrected chi connectivity index (χ1v) is 11.1. The normalized spacial score (nSPS) is 12.2. The van der Waals surface area contributed by atoms with Crippen molar-refractivity contribution in [3.05, 3.63) is 59.1 Å². The lowest BCUT2D eigenvalue weighted by Crippen LogP contribution is -2.52. The number of methoxy groups -OCH3 is 1. The van der Waals surface area contributed by atoms with Gasteiger partial charge in [-0.25, -0.2) is 0 Å². The fourth-order valence-corrected chi connectivity index (χ4v) is 3.69. The number of benzene rings is 2. The van der Waals surface area contributed by atoms with Gasteiger partial charge in [0.15, 0.2) is 0 Å². The van der Waals surface area contributed by atoms with E-state index in [1.165, 1.54) is 11.8 Å². The Morgan fingerprint density at radius 1 is 1.17 bits per heavy atom. The second-order valence-electron chi connectivity index (χ2n) is 8.03. The maximum Gasteiger partial charge on any atom is 0.242 e. The molecule has 30 heavy (non-hydrogen) atoms. The zero-order valence-electron chi connectivity index (χ0n) is 18.1. The fraction of sp³-hybridized carbons (Fsp3) is 0.391. The monoisotopic (exact) mass is 448 g/mol. The minimum atomic E-state index is -0.617. The SMILES string of the molecule is COc1cccc(CN(C(=O)CSc2ccc(Cl)cc2)C(C)C(=O)NC(C)(C)C)c1. The Balaban J connectivity index is 2.18. The topological polar surface area (TPSA) is 58.6 Å². The van der Waals surface area contributed by atoms with E-state index < -0.39 is 6.04 Å². The van der Waals surface area contributed by atoms with E-state index in [4.69, 9.17) is 16.3 Å². The minimum absolute atomic E-state index is 0.116. The quantitative estimate of drug-likeness (QED) is 0.591. The number of thioether (sulfide) groups is 1. The first-order chi connectivity index (χ1) is 14.1. The molecule has 2 rings (SSSR count). The van der Waals surface area contributed by atoms with Gasteiger partial charge in [-0.05, 0) is 69.7 Å². The maximum atomic E-state index is 13.1. The first-order valence-electron chi connectivity index (χ1n) is 9.72. The molecule has 0 aliphatic heterocycles. The van der Waals surface area contributed by atoms with Crippen molar-refractivity contribution in [3.8, 4) is 5.75 Å². The molecule has 162 valence electrons. The summed E-state index contributed by atoms with van der Waals surface area (Å²) in [6.07, 6.45) is 0. The molecule has 0 saturated heterocycles. The molecule has 0 aliphatic carbocycles. The lowest BCUT2D eigenvalue weighted by molar-refractivity contribution is -0.139. The van der Waals surface area contributed by atoms with Crippen LogP contribution in [0.15, 0.2) is 53.4 Å². The van der Waals surface area contributed by atoms with Crippen LogP contribution in [0, 0.1) is 0 Å². The molecular weight excluding hydrogens is 420 g/mol. The van der Waals surface area contributed by atoms with Crippen LogP contribution in [-0.2, 0) is 16.1 Å². The molecule has 2 amide bonds. The van der Waals surface area contributed by atoms with Gasteiger partial charge in [-0.15, -0.1) is 11.8 Å². The van der Waals surface area contributed by atoms with Crippen molar-refractivity contribution in [1.29, 1.82) is 0 Å².